The van der Waals surface area contributed by atoms with E-state index in [1.54, 1.807) is 18.2 Å². The normalized spacial score (nSPS) is 30.2. The highest BCUT2D eigenvalue weighted by Gasteiger charge is 2.51. The molecule has 21 heavy (non-hydrogen) atoms. The van der Waals surface area contributed by atoms with Crippen LogP contribution in [0.3, 0.4) is 0 Å². The summed E-state index contributed by atoms with van der Waals surface area (Å²) < 4.78 is 0. The number of hydrogen-bond donors (Lipinski definition) is 2. The third-order valence-corrected chi connectivity index (χ3v) is 4.82. The molecule has 1 aromatic rings. The van der Waals surface area contributed by atoms with Crippen LogP contribution in [-0.2, 0) is 0 Å². The summed E-state index contributed by atoms with van der Waals surface area (Å²) in [5.41, 5.74) is 0.998. The largest absolute Gasteiger partial charge is 0.506 e. The van der Waals surface area contributed by atoms with Gasteiger partial charge in [-0.1, -0.05) is 32.9 Å². The Bertz CT molecular complexity index is 570. The first-order valence-corrected chi connectivity index (χ1v) is 7.64. The Morgan fingerprint density at radius 2 is 2.00 bits per heavy atom. The maximum absolute atomic E-state index is 12.6. The van der Waals surface area contributed by atoms with Gasteiger partial charge in [0.1, 0.15) is 5.75 Å². The van der Waals surface area contributed by atoms with Crippen molar-refractivity contribution < 1.29 is 9.90 Å². The minimum absolute atomic E-state index is 0.0945. The summed E-state index contributed by atoms with van der Waals surface area (Å²) in [7, 11) is 0. The summed E-state index contributed by atoms with van der Waals surface area (Å²) in [6, 6.07) is 7.08. The molecule has 1 aliphatic carbocycles. The number of likely N-dealkylation sites (tertiary alicyclic amines) is 1. The van der Waals surface area contributed by atoms with E-state index in [9.17, 15) is 9.90 Å². The van der Waals surface area contributed by atoms with Crippen LogP contribution in [0.4, 0.5) is 10.5 Å². The lowest BCUT2D eigenvalue weighted by Crippen LogP contribution is -2.40. The van der Waals surface area contributed by atoms with Gasteiger partial charge in [-0.15, -0.1) is 0 Å². The molecule has 2 unspecified atom stereocenters. The number of nitrogens with one attached hydrogen (secondary N) is 1. The van der Waals surface area contributed by atoms with Gasteiger partial charge < -0.3 is 15.3 Å². The predicted octanol–water partition coefficient (Wildman–Crippen LogP) is 3.82. The molecule has 4 nitrogen and oxygen atoms in total. The number of hydrogen-bond acceptors (Lipinski definition) is 2. The molecule has 0 aromatic heterocycles. The van der Waals surface area contributed by atoms with Gasteiger partial charge in [0.05, 0.1) is 5.69 Å². The lowest BCUT2D eigenvalue weighted by molar-refractivity contribution is 0.130. The minimum Gasteiger partial charge on any atom is -0.506 e. The molecule has 2 bridgehead atoms. The molecule has 1 aromatic carbocycles. The molecule has 1 saturated heterocycles. The highest BCUT2D eigenvalue weighted by molar-refractivity contribution is 5.91. The smallest absolute Gasteiger partial charge is 0.322 e. The Balaban J connectivity index is 1.76. The zero-order valence-corrected chi connectivity index (χ0v) is 13.0. The molecule has 4 heteroatoms. The van der Waals surface area contributed by atoms with E-state index in [1.165, 1.54) is 0 Å². The summed E-state index contributed by atoms with van der Waals surface area (Å²) in [4.78, 5) is 14.5. The number of aromatic hydroxyl groups is 1. The summed E-state index contributed by atoms with van der Waals surface area (Å²) in [5.74, 6) is 0.111. The van der Waals surface area contributed by atoms with Crippen molar-refractivity contribution in [3.63, 3.8) is 0 Å². The van der Waals surface area contributed by atoms with Crippen LogP contribution in [0.2, 0.25) is 0 Å². The molecule has 2 amide bonds. The van der Waals surface area contributed by atoms with Gasteiger partial charge in [-0.2, -0.15) is 0 Å². The fourth-order valence-corrected chi connectivity index (χ4v) is 4.46. The quantitative estimate of drug-likeness (QED) is 0.772. The first kappa shape index (κ1) is 14.2. The van der Waals surface area contributed by atoms with E-state index in [2.05, 4.69) is 26.1 Å². The number of phenols is 1. The average Bonchev–Trinajstić information content (AvgIpc) is 2.61. The van der Waals surface area contributed by atoms with Gasteiger partial charge >= 0.3 is 6.03 Å². The maximum Gasteiger partial charge on any atom is 0.322 e. The number of nitrogens with zero attached hydrogens (tertiary/aromatic N) is 1. The maximum atomic E-state index is 12.6. The standard InChI is InChI=1S/C17H24N2O2/c1-16(2)8-12-9-17(3,10-16)11-19(12)15(21)18-13-6-4-5-7-14(13)20/h4-7,12,20H,8-11H2,1-3H3,(H,18,21). The molecule has 2 N–H and O–H groups in total. The Hall–Kier alpha value is -1.71. The van der Waals surface area contributed by atoms with E-state index < -0.39 is 0 Å². The molecule has 2 atom stereocenters. The van der Waals surface area contributed by atoms with Crippen LogP contribution in [0.15, 0.2) is 24.3 Å². The highest BCUT2D eigenvalue weighted by Crippen LogP contribution is 2.52. The number of carbonyl (C=O) groups is 1. The fraction of sp³-hybridized carbons (Fsp3) is 0.588. The summed E-state index contributed by atoms with van der Waals surface area (Å²) in [6.45, 7) is 7.68. The molecule has 3 rings (SSSR count). The first-order chi connectivity index (χ1) is 9.78. The van der Waals surface area contributed by atoms with Gasteiger partial charge in [0.15, 0.2) is 0 Å². The second-order valence-corrected chi connectivity index (χ2v) is 7.79. The number of amides is 2. The van der Waals surface area contributed by atoms with Crippen LogP contribution >= 0.6 is 0 Å². The first-order valence-electron chi connectivity index (χ1n) is 7.64. The van der Waals surface area contributed by atoms with Crippen molar-refractivity contribution in [3.8, 4) is 5.75 Å². The van der Waals surface area contributed by atoms with Crippen molar-refractivity contribution in [3.05, 3.63) is 24.3 Å². The predicted molar refractivity (Wildman–Crippen MR) is 83.4 cm³/mol. The van der Waals surface area contributed by atoms with Crippen molar-refractivity contribution in [2.75, 3.05) is 11.9 Å². The minimum atomic E-state index is -0.0945. The van der Waals surface area contributed by atoms with E-state index in [0.717, 1.165) is 25.8 Å². The molecular formula is C17H24N2O2. The number of anilines is 1. The lowest BCUT2D eigenvalue weighted by Gasteiger charge is -2.39. The van der Waals surface area contributed by atoms with E-state index in [0.29, 0.717) is 17.1 Å². The van der Waals surface area contributed by atoms with Gasteiger partial charge in [0, 0.05) is 12.6 Å². The number of benzene rings is 1. The average molecular weight is 288 g/mol. The molecule has 2 aliphatic rings. The van der Waals surface area contributed by atoms with Crippen LogP contribution in [0, 0.1) is 10.8 Å². The second-order valence-electron chi connectivity index (χ2n) is 7.79. The monoisotopic (exact) mass is 288 g/mol. The number of urea groups is 1. The van der Waals surface area contributed by atoms with Crippen LogP contribution < -0.4 is 5.32 Å². The second kappa shape index (κ2) is 4.65. The Labute approximate surface area is 126 Å². The lowest BCUT2D eigenvalue weighted by atomic mass is 9.65. The number of carbonyl (C=O) groups excluding carboxylic acids is 1. The van der Waals surface area contributed by atoms with E-state index in [4.69, 9.17) is 0 Å². The fourth-order valence-electron chi connectivity index (χ4n) is 4.46. The molecule has 114 valence electrons. The Kier molecular flexibility index (Phi) is 3.15. The topological polar surface area (TPSA) is 52.6 Å². The van der Waals surface area contributed by atoms with Gasteiger partial charge in [0.25, 0.3) is 0 Å². The summed E-state index contributed by atoms with van der Waals surface area (Å²) >= 11 is 0. The SMILES string of the molecule is CC1(C)CC2CC(C)(CN2C(=O)Nc2ccccc2O)C1. The summed E-state index contributed by atoms with van der Waals surface area (Å²) in [6.07, 6.45) is 3.30. The Morgan fingerprint density at radius 1 is 1.29 bits per heavy atom. The molecule has 0 spiro atoms. The van der Waals surface area contributed by atoms with Crippen molar-refractivity contribution in [2.24, 2.45) is 10.8 Å². The van der Waals surface area contributed by atoms with Crippen LogP contribution in [0.5, 0.6) is 5.75 Å². The van der Waals surface area contributed by atoms with E-state index >= 15 is 0 Å². The van der Waals surface area contributed by atoms with Gasteiger partial charge in [-0.05, 0) is 42.2 Å². The zero-order chi connectivity index (χ0) is 15.3. The van der Waals surface area contributed by atoms with Crippen molar-refractivity contribution >= 4 is 11.7 Å². The van der Waals surface area contributed by atoms with Crippen LogP contribution in [-0.4, -0.2) is 28.6 Å². The van der Waals surface area contributed by atoms with Gasteiger partial charge in [-0.25, -0.2) is 4.79 Å². The zero-order valence-electron chi connectivity index (χ0n) is 13.0. The number of phenolic OH excluding ortho intramolecular Hbond substituents is 1. The van der Waals surface area contributed by atoms with Crippen molar-refractivity contribution in [2.45, 2.75) is 46.1 Å². The van der Waals surface area contributed by atoms with Crippen molar-refractivity contribution in [1.29, 1.82) is 0 Å². The molecule has 0 radical (unpaired) electrons. The van der Waals surface area contributed by atoms with Crippen LogP contribution in [0.1, 0.15) is 40.0 Å². The number of para-hydroxylation sites is 2. The van der Waals surface area contributed by atoms with Crippen LogP contribution in [0.25, 0.3) is 0 Å². The number of rotatable bonds is 1. The van der Waals surface area contributed by atoms with E-state index in [-0.39, 0.29) is 17.2 Å². The molecule has 1 heterocycles. The van der Waals surface area contributed by atoms with Crippen molar-refractivity contribution in [1.82, 2.24) is 4.90 Å². The third-order valence-electron chi connectivity index (χ3n) is 4.82. The molecular weight excluding hydrogens is 264 g/mol. The molecule has 1 saturated carbocycles. The number of fused-ring (bicyclic) bond motifs is 2. The molecule has 2 fully saturated rings. The summed E-state index contributed by atoms with van der Waals surface area (Å²) in [5, 5.41) is 12.6. The Morgan fingerprint density at radius 3 is 2.71 bits per heavy atom. The molecule has 1 aliphatic heterocycles. The highest BCUT2D eigenvalue weighted by atomic mass is 16.3. The van der Waals surface area contributed by atoms with E-state index in [1.807, 2.05) is 11.0 Å². The van der Waals surface area contributed by atoms with Gasteiger partial charge in [-0.3, -0.25) is 0 Å². The van der Waals surface area contributed by atoms with Gasteiger partial charge in [0.2, 0.25) is 0 Å². The third kappa shape index (κ3) is 2.71.